The number of benzene rings is 3. The Bertz CT molecular complexity index is 1410. The molecule has 3 aromatic carbocycles. The Morgan fingerprint density at radius 2 is 1.39 bits per heavy atom. The number of nitrogens with zero attached hydrogens (tertiary/aromatic N) is 4. The summed E-state index contributed by atoms with van der Waals surface area (Å²) in [6, 6.07) is 25.6. The van der Waals surface area contributed by atoms with Crippen molar-refractivity contribution in [1.82, 2.24) is 14.9 Å². The number of carbonyl (C=O) groups is 3. The fraction of sp³-hybridized carbons (Fsp3) is 0.300. The van der Waals surface area contributed by atoms with E-state index in [2.05, 4.69) is 0 Å². The van der Waals surface area contributed by atoms with E-state index < -0.39 is 28.1 Å². The van der Waals surface area contributed by atoms with Crippen LogP contribution >= 0.6 is 11.8 Å². The summed E-state index contributed by atoms with van der Waals surface area (Å²) < 4.78 is 16.4. The molecule has 2 bridgehead atoms. The molecule has 2 fully saturated rings. The molecular formula is C30H32N4O6S. The van der Waals surface area contributed by atoms with Crippen LogP contribution in [0.5, 0.6) is 5.75 Å². The molecule has 0 radical (unpaired) electrons. The van der Waals surface area contributed by atoms with Crippen molar-refractivity contribution in [1.29, 1.82) is 0 Å². The normalized spacial score (nSPS) is 21.4. The fourth-order valence-electron chi connectivity index (χ4n) is 5.25. The number of fused-ring (bicyclic) bond motifs is 2. The Kier molecular flexibility index (Phi) is 7.83. The highest BCUT2D eigenvalue weighted by Crippen LogP contribution is 2.66. The monoisotopic (exact) mass is 576 g/mol. The van der Waals surface area contributed by atoms with Crippen molar-refractivity contribution in [2.24, 2.45) is 0 Å². The summed E-state index contributed by atoms with van der Waals surface area (Å²) in [7, 11) is 3.37. The molecule has 0 aliphatic carbocycles. The number of carbonyl (C=O) groups excluding carboxylic acids is 3. The molecule has 10 nitrogen and oxygen atoms in total. The van der Waals surface area contributed by atoms with Crippen LogP contribution in [-0.4, -0.2) is 65.5 Å². The Morgan fingerprint density at radius 3 is 1.95 bits per heavy atom. The minimum Gasteiger partial charge on any atom is -0.497 e. The minimum atomic E-state index is -1.68. The quantitative estimate of drug-likeness (QED) is 0.361. The highest BCUT2D eigenvalue weighted by atomic mass is 32.2. The molecule has 2 atom stereocenters. The zero-order valence-corrected chi connectivity index (χ0v) is 24.2. The highest BCUT2D eigenvalue weighted by molar-refractivity contribution is 8.03. The molecule has 11 heteroatoms. The lowest BCUT2D eigenvalue weighted by molar-refractivity contribution is -0.158. The van der Waals surface area contributed by atoms with Gasteiger partial charge in [-0.1, -0.05) is 60.7 Å². The molecule has 0 saturated carbocycles. The first-order valence-electron chi connectivity index (χ1n) is 13.3. The van der Waals surface area contributed by atoms with Gasteiger partial charge in [0.15, 0.2) is 0 Å². The number of hydrogen-bond donors (Lipinski definition) is 0. The van der Waals surface area contributed by atoms with Gasteiger partial charge in [-0.2, -0.15) is 10.0 Å². The first kappa shape index (κ1) is 28.3. The Labute approximate surface area is 243 Å². The lowest BCUT2D eigenvalue weighted by Crippen LogP contribution is -2.75. The number of thioether (sulfide) groups is 1. The molecule has 214 valence electrons. The average Bonchev–Trinajstić information content (AvgIpc) is 3.47. The topological polar surface area (TPSA) is 91.9 Å². The van der Waals surface area contributed by atoms with Gasteiger partial charge in [-0.3, -0.25) is 14.6 Å². The van der Waals surface area contributed by atoms with Crippen LogP contribution in [0.3, 0.4) is 0 Å². The summed E-state index contributed by atoms with van der Waals surface area (Å²) in [4.78, 5) is 44.3. The van der Waals surface area contributed by atoms with Crippen LogP contribution < -0.4 is 9.64 Å². The highest BCUT2D eigenvalue weighted by Gasteiger charge is 2.80. The fourth-order valence-corrected chi connectivity index (χ4v) is 7.06. The summed E-state index contributed by atoms with van der Waals surface area (Å²) >= 11 is 1.17. The number of hydrogen-bond acceptors (Lipinski definition) is 8. The van der Waals surface area contributed by atoms with Crippen molar-refractivity contribution in [2.75, 3.05) is 32.3 Å². The second-order valence-corrected chi connectivity index (χ2v) is 10.7. The average molecular weight is 577 g/mol. The van der Waals surface area contributed by atoms with E-state index in [0.717, 1.165) is 10.6 Å². The molecule has 2 aliphatic rings. The largest absolute Gasteiger partial charge is 0.497 e. The minimum absolute atomic E-state index is 0.0464. The SMILES string of the molecule is CCOC(=O)N1N(C(=O)OCC)C2(N(C)Cc3ccccc3)SC1(c1ccccc1)C(=O)N2c1ccc(OC)cc1. The summed E-state index contributed by atoms with van der Waals surface area (Å²) in [6.07, 6.45) is -1.63. The van der Waals surface area contributed by atoms with E-state index in [1.807, 2.05) is 48.3 Å². The molecule has 2 unspecified atom stereocenters. The van der Waals surface area contributed by atoms with Crippen molar-refractivity contribution >= 4 is 35.5 Å². The van der Waals surface area contributed by atoms with Gasteiger partial charge in [-0.25, -0.2) is 9.59 Å². The van der Waals surface area contributed by atoms with Crippen molar-refractivity contribution in [3.05, 3.63) is 96.1 Å². The third-order valence-corrected chi connectivity index (χ3v) is 8.80. The molecule has 0 N–H and O–H groups in total. The van der Waals surface area contributed by atoms with E-state index >= 15 is 0 Å². The van der Waals surface area contributed by atoms with Gasteiger partial charge in [0.05, 0.1) is 20.3 Å². The Morgan fingerprint density at radius 1 is 0.829 bits per heavy atom. The van der Waals surface area contributed by atoms with Crippen LogP contribution in [0.25, 0.3) is 0 Å². The van der Waals surface area contributed by atoms with Gasteiger partial charge in [-0.15, -0.1) is 0 Å². The van der Waals surface area contributed by atoms with E-state index in [-0.39, 0.29) is 13.2 Å². The van der Waals surface area contributed by atoms with Gasteiger partial charge in [0.1, 0.15) is 5.75 Å². The van der Waals surface area contributed by atoms with Gasteiger partial charge in [0, 0.05) is 12.2 Å². The molecule has 0 aromatic heterocycles. The molecule has 2 heterocycles. The molecule has 2 saturated heterocycles. The van der Waals surface area contributed by atoms with Crippen molar-refractivity contribution in [3.8, 4) is 5.75 Å². The van der Waals surface area contributed by atoms with Crippen LogP contribution in [0.15, 0.2) is 84.9 Å². The molecule has 2 aliphatic heterocycles. The van der Waals surface area contributed by atoms with Crippen molar-refractivity contribution in [3.63, 3.8) is 0 Å². The van der Waals surface area contributed by atoms with Gasteiger partial charge < -0.3 is 14.2 Å². The van der Waals surface area contributed by atoms with Gasteiger partial charge >= 0.3 is 12.2 Å². The lowest BCUT2D eigenvalue weighted by Gasteiger charge is -2.51. The number of methoxy groups -OCH3 is 1. The second-order valence-electron chi connectivity index (χ2n) is 9.39. The summed E-state index contributed by atoms with van der Waals surface area (Å²) in [5.41, 5.74) is 1.98. The number of hydrazine groups is 1. The predicted molar refractivity (Wildman–Crippen MR) is 155 cm³/mol. The summed E-state index contributed by atoms with van der Waals surface area (Å²) in [6.45, 7) is 3.81. The van der Waals surface area contributed by atoms with Crippen LogP contribution in [0.4, 0.5) is 15.3 Å². The zero-order valence-electron chi connectivity index (χ0n) is 23.4. The first-order valence-corrected chi connectivity index (χ1v) is 14.1. The summed E-state index contributed by atoms with van der Waals surface area (Å²) in [5.74, 6) is 0.199. The first-order chi connectivity index (χ1) is 19.8. The molecule has 3 aromatic rings. The third kappa shape index (κ3) is 4.45. The van der Waals surface area contributed by atoms with Crippen LogP contribution in [0, 0.1) is 0 Å². The number of rotatable bonds is 8. The van der Waals surface area contributed by atoms with Crippen LogP contribution in [0.2, 0.25) is 0 Å². The maximum Gasteiger partial charge on any atom is 0.433 e. The Hall–Kier alpha value is -4.22. The van der Waals surface area contributed by atoms with Gasteiger partial charge in [0.2, 0.25) is 4.87 Å². The molecule has 0 spiro atoms. The van der Waals surface area contributed by atoms with Crippen LogP contribution in [0.1, 0.15) is 25.0 Å². The number of amides is 3. The number of anilines is 1. The lowest BCUT2D eigenvalue weighted by atomic mass is 10.0. The summed E-state index contributed by atoms with van der Waals surface area (Å²) in [5, 5.41) is 0.787. The smallest absolute Gasteiger partial charge is 0.433 e. The predicted octanol–water partition coefficient (Wildman–Crippen LogP) is 5.22. The molecular weight excluding hydrogens is 544 g/mol. The maximum absolute atomic E-state index is 14.9. The van der Waals surface area contributed by atoms with E-state index in [0.29, 0.717) is 23.5 Å². The maximum atomic E-state index is 14.9. The van der Waals surface area contributed by atoms with E-state index in [9.17, 15) is 14.4 Å². The van der Waals surface area contributed by atoms with Crippen molar-refractivity contribution < 1.29 is 28.6 Å². The number of ether oxygens (including phenoxy) is 3. The zero-order chi connectivity index (χ0) is 29.2. The Balaban J connectivity index is 1.80. The second kappa shape index (κ2) is 11.3. The van der Waals surface area contributed by atoms with Gasteiger partial charge in [0.25, 0.3) is 11.0 Å². The molecule has 41 heavy (non-hydrogen) atoms. The standard InChI is InChI=1S/C30H32N4O6S/c1-5-39-27(36)33-29(23-15-11-8-12-16-23)26(35)32(24-17-19-25(38-4)20-18-24)30(41-29,34(33)28(37)40-6-2)31(3)21-22-13-9-7-10-14-22/h7-20H,5-6,21H2,1-4H3. The van der Waals surface area contributed by atoms with E-state index in [1.165, 1.54) is 16.8 Å². The van der Waals surface area contributed by atoms with Gasteiger partial charge in [-0.05, 0) is 68.0 Å². The third-order valence-electron chi connectivity index (χ3n) is 6.98. The van der Waals surface area contributed by atoms with Crippen LogP contribution in [-0.2, 0) is 25.7 Å². The van der Waals surface area contributed by atoms with Crippen molar-refractivity contribution in [2.45, 2.75) is 30.4 Å². The van der Waals surface area contributed by atoms with E-state index in [1.54, 1.807) is 74.4 Å². The molecule has 5 rings (SSSR count). The molecule has 3 amide bonds. The van der Waals surface area contributed by atoms with E-state index in [4.69, 9.17) is 14.2 Å².